The van der Waals surface area contributed by atoms with Crippen LogP contribution in [0, 0.1) is 0 Å². The summed E-state index contributed by atoms with van der Waals surface area (Å²) in [5.74, 6) is -1.68. The van der Waals surface area contributed by atoms with Gasteiger partial charge in [0.2, 0.25) is 5.91 Å². The lowest BCUT2D eigenvalue weighted by Gasteiger charge is -2.46. The lowest BCUT2D eigenvalue weighted by molar-refractivity contribution is -0.342. The van der Waals surface area contributed by atoms with Gasteiger partial charge in [-0.2, -0.15) is 0 Å². The van der Waals surface area contributed by atoms with E-state index in [1.807, 2.05) is 0 Å². The lowest BCUT2D eigenvalue weighted by atomic mass is 9.93. The Morgan fingerprint density at radius 2 is 1.49 bits per heavy atom. The third-order valence-electron chi connectivity index (χ3n) is 8.12. The Bertz CT molecular complexity index is 1050. The van der Waals surface area contributed by atoms with E-state index in [2.05, 4.69) is 5.32 Å². The Morgan fingerprint density at radius 3 is 2.07 bits per heavy atom. The molecule has 14 heteroatoms. The molecule has 1 aliphatic carbocycles. The summed E-state index contributed by atoms with van der Waals surface area (Å²) in [6.07, 6.45) is -13.8. The predicted molar refractivity (Wildman–Crippen MR) is 146 cm³/mol. The third-order valence-corrected chi connectivity index (χ3v) is 8.12. The first-order valence-corrected chi connectivity index (χ1v) is 14.6. The Balaban J connectivity index is 1.50. The van der Waals surface area contributed by atoms with E-state index in [1.54, 1.807) is 37.3 Å². The van der Waals surface area contributed by atoms with Crippen LogP contribution in [0.1, 0.15) is 45.1 Å². The van der Waals surface area contributed by atoms with Crippen molar-refractivity contribution in [1.82, 2.24) is 5.32 Å². The molecule has 2 saturated heterocycles. The highest BCUT2D eigenvalue weighted by Crippen LogP contribution is 2.33. The lowest BCUT2D eigenvalue weighted by Crippen LogP contribution is -2.63. The van der Waals surface area contributed by atoms with Gasteiger partial charge in [0.15, 0.2) is 18.7 Å². The molecule has 1 amide bonds. The molecule has 242 valence electrons. The van der Waals surface area contributed by atoms with Crippen molar-refractivity contribution in [3.05, 3.63) is 35.9 Å². The molecule has 43 heavy (non-hydrogen) atoms. The molecule has 3 fully saturated rings. The number of hydrogen-bond donors (Lipinski definition) is 7. The Hall–Kier alpha value is -2.24. The summed E-state index contributed by atoms with van der Waals surface area (Å²) in [6, 6.07) is 8.76. The van der Waals surface area contributed by atoms with Gasteiger partial charge in [-0.05, 0) is 25.3 Å². The Morgan fingerprint density at radius 1 is 0.884 bits per heavy atom. The largest absolute Gasteiger partial charge is 0.479 e. The Labute approximate surface area is 249 Å². The zero-order valence-electron chi connectivity index (χ0n) is 24.2. The minimum Gasteiger partial charge on any atom is -0.479 e. The smallest absolute Gasteiger partial charge is 0.333 e. The van der Waals surface area contributed by atoms with Crippen LogP contribution in [0.3, 0.4) is 0 Å². The van der Waals surface area contributed by atoms with Gasteiger partial charge >= 0.3 is 5.97 Å². The maximum Gasteiger partial charge on any atom is 0.333 e. The number of aliphatic carboxylic acids is 1. The standard InChI is InChI=1S/C29H43NO13/c1-14-21(32)23(34)24(35)28(39-14)41-17-10-6-7-11-18(17)42-29-25(36)26(22(33)20(43-29)13-30-15(2)31)40-19(27(37)38)12-16-8-4-3-5-9-16/h3-5,8-9,14,17-26,28-29,32-36H,6-7,10-13H2,1-2H3,(H,30,31)(H,37,38). The molecule has 3 aliphatic rings. The number of amides is 1. The highest BCUT2D eigenvalue weighted by molar-refractivity contribution is 5.73. The predicted octanol–water partition coefficient (Wildman–Crippen LogP) is -1.18. The molecular weight excluding hydrogens is 570 g/mol. The summed E-state index contributed by atoms with van der Waals surface area (Å²) in [4.78, 5) is 23.7. The van der Waals surface area contributed by atoms with E-state index in [-0.39, 0.29) is 13.0 Å². The summed E-state index contributed by atoms with van der Waals surface area (Å²) >= 11 is 0. The van der Waals surface area contributed by atoms with E-state index in [0.29, 0.717) is 18.4 Å². The highest BCUT2D eigenvalue weighted by Gasteiger charge is 2.50. The highest BCUT2D eigenvalue weighted by atomic mass is 16.7. The van der Waals surface area contributed by atoms with Crippen molar-refractivity contribution in [2.24, 2.45) is 0 Å². The summed E-state index contributed by atoms with van der Waals surface area (Å²) in [5.41, 5.74) is 0.676. The summed E-state index contributed by atoms with van der Waals surface area (Å²) in [5, 5.41) is 65.5. The normalized spacial score (nSPS) is 39.1. The molecule has 7 N–H and O–H groups in total. The zero-order chi connectivity index (χ0) is 31.3. The number of aliphatic hydroxyl groups is 5. The molecule has 13 unspecified atom stereocenters. The van der Waals surface area contributed by atoms with Crippen LogP contribution in [0.2, 0.25) is 0 Å². The van der Waals surface area contributed by atoms with Crippen LogP contribution in [0.4, 0.5) is 0 Å². The molecule has 2 heterocycles. The quantitative estimate of drug-likeness (QED) is 0.157. The number of rotatable bonds is 11. The van der Waals surface area contributed by atoms with E-state index in [9.17, 15) is 40.2 Å². The number of carboxylic acids is 1. The van der Waals surface area contributed by atoms with Gasteiger partial charge in [0.25, 0.3) is 0 Å². The first kappa shape index (κ1) is 33.6. The van der Waals surface area contributed by atoms with E-state index < -0.39 is 91.6 Å². The zero-order valence-corrected chi connectivity index (χ0v) is 24.2. The van der Waals surface area contributed by atoms with Crippen LogP contribution in [0.5, 0.6) is 0 Å². The van der Waals surface area contributed by atoms with Crippen LogP contribution in [0.25, 0.3) is 0 Å². The summed E-state index contributed by atoms with van der Waals surface area (Å²) < 4.78 is 29.5. The molecule has 4 rings (SSSR count). The fourth-order valence-electron chi connectivity index (χ4n) is 5.64. The number of carboxylic acid groups (broad SMARTS) is 1. The summed E-state index contributed by atoms with van der Waals surface area (Å²) in [7, 11) is 0. The molecule has 0 bridgehead atoms. The van der Waals surface area contributed by atoms with Gasteiger partial charge in [-0.1, -0.05) is 43.2 Å². The monoisotopic (exact) mass is 613 g/mol. The third kappa shape index (κ3) is 8.48. The first-order chi connectivity index (χ1) is 20.5. The van der Waals surface area contributed by atoms with E-state index in [0.717, 1.165) is 12.8 Å². The van der Waals surface area contributed by atoms with Crippen molar-refractivity contribution in [2.45, 2.75) is 126 Å². The van der Waals surface area contributed by atoms with E-state index >= 15 is 0 Å². The van der Waals surface area contributed by atoms with Crippen molar-refractivity contribution >= 4 is 11.9 Å². The number of benzene rings is 1. The minimum absolute atomic E-state index is 0.0317. The first-order valence-electron chi connectivity index (χ1n) is 14.6. The van der Waals surface area contributed by atoms with Crippen LogP contribution in [-0.4, -0.2) is 129 Å². The topological polar surface area (TPSA) is 214 Å². The SMILES string of the molecule is CC(=O)NCC1OC(OC2CCCCC2OC2OC(C)C(O)C(O)C2O)C(O)C(OC(Cc2ccccc2)C(=O)O)C1O. The number of ether oxygens (including phenoxy) is 5. The van der Waals surface area contributed by atoms with E-state index in [4.69, 9.17) is 23.7 Å². The van der Waals surface area contributed by atoms with Crippen LogP contribution in [-0.2, 0) is 39.7 Å². The van der Waals surface area contributed by atoms with Crippen molar-refractivity contribution < 1.29 is 63.9 Å². The number of carbonyl (C=O) groups is 2. The average molecular weight is 614 g/mol. The maximum atomic E-state index is 12.1. The molecule has 1 aromatic carbocycles. The second-order valence-electron chi connectivity index (χ2n) is 11.4. The number of aliphatic hydroxyl groups excluding tert-OH is 5. The fourth-order valence-corrected chi connectivity index (χ4v) is 5.64. The van der Waals surface area contributed by atoms with Crippen LogP contribution >= 0.6 is 0 Å². The van der Waals surface area contributed by atoms with Crippen LogP contribution < -0.4 is 5.32 Å². The molecular formula is C29H43NO13. The number of carbonyl (C=O) groups excluding carboxylic acids is 1. The number of hydrogen-bond acceptors (Lipinski definition) is 12. The van der Waals surface area contributed by atoms with Gasteiger partial charge in [0.05, 0.1) is 18.3 Å². The van der Waals surface area contributed by atoms with Crippen molar-refractivity contribution in [3.63, 3.8) is 0 Å². The fraction of sp³-hybridized carbons (Fsp3) is 0.724. The van der Waals surface area contributed by atoms with Gasteiger partial charge in [0.1, 0.15) is 42.7 Å². The molecule has 13 atom stereocenters. The molecule has 2 aliphatic heterocycles. The van der Waals surface area contributed by atoms with Gasteiger partial charge in [-0.25, -0.2) is 4.79 Å². The van der Waals surface area contributed by atoms with Crippen molar-refractivity contribution in [3.8, 4) is 0 Å². The van der Waals surface area contributed by atoms with Gasteiger partial charge in [0, 0.05) is 19.9 Å². The van der Waals surface area contributed by atoms with Gasteiger partial charge < -0.3 is 59.6 Å². The second-order valence-corrected chi connectivity index (χ2v) is 11.4. The molecule has 0 aromatic heterocycles. The Kier molecular flexibility index (Phi) is 11.9. The van der Waals surface area contributed by atoms with Gasteiger partial charge in [-0.15, -0.1) is 0 Å². The molecule has 1 saturated carbocycles. The van der Waals surface area contributed by atoms with Crippen LogP contribution in [0.15, 0.2) is 30.3 Å². The van der Waals surface area contributed by atoms with Crippen molar-refractivity contribution in [2.75, 3.05) is 6.54 Å². The molecule has 14 nitrogen and oxygen atoms in total. The van der Waals surface area contributed by atoms with E-state index in [1.165, 1.54) is 6.92 Å². The number of nitrogens with one attached hydrogen (secondary N) is 1. The maximum absolute atomic E-state index is 12.1. The minimum atomic E-state index is -1.63. The average Bonchev–Trinajstić information content (AvgIpc) is 2.98. The summed E-state index contributed by atoms with van der Waals surface area (Å²) in [6.45, 7) is 2.67. The molecule has 0 radical (unpaired) electrons. The second kappa shape index (κ2) is 15.2. The van der Waals surface area contributed by atoms with Gasteiger partial charge in [-0.3, -0.25) is 4.79 Å². The van der Waals surface area contributed by atoms with Crippen molar-refractivity contribution in [1.29, 1.82) is 0 Å². The molecule has 0 spiro atoms. The molecule has 1 aromatic rings.